The van der Waals surface area contributed by atoms with Gasteiger partial charge in [-0.3, -0.25) is 4.79 Å². The van der Waals surface area contributed by atoms with E-state index in [1.807, 2.05) is 4.90 Å². The van der Waals surface area contributed by atoms with Gasteiger partial charge in [-0.1, -0.05) is 0 Å². The van der Waals surface area contributed by atoms with Crippen LogP contribution < -0.4 is 10.6 Å². The maximum atomic E-state index is 11.6. The van der Waals surface area contributed by atoms with Crippen LogP contribution in [-0.4, -0.2) is 48.6 Å². The number of rotatable bonds is 2. The molecule has 0 spiro atoms. The van der Waals surface area contributed by atoms with Crippen LogP contribution in [0.15, 0.2) is 18.2 Å². The number of piperazine rings is 1. The zero-order valence-corrected chi connectivity index (χ0v) is 10.1. The minimum absolute atomic E-state index is 0.00128. The van der Waals surface area contributed by atoms with Crippen LogP contribution in [-0.2, 0) is 4.79 Å². The second-order valence-electron chi connectivity index (χ2n) is 4.32. The summed E-state index contributed by atoms with van der Waals surface area (Å²) >= 11 is 0. The number of carboxylic acids is 1. The average Bonchev–Trinajstić information content (AvgIpc) is 2.33. The maximum absolute atomic E-state index is 11.6. The highest BCUT2D eigenvalue weighted by atomic mass is 16.4. The average molecular weight is 249 g/mol. The largest absolute Gasteiger partial charge is 0.478 e. The molecule has 6 nitrogen and oxygen atoms in total. The van der Waals surface area contributed by atoms with E-state index in [2.05, 4.69) is 0 Å². The fraction of sp³-hybridized carbons (Fsp3) is 0.333. The molecule has 0 saturated carbocycles. The molecule has 2 rings (SSSR count). The van der Waals surface area contributed by atoms with Crippen LogP contribution in [0.1, 0.15) is 10.4 Å². The lowest BCUT2D eigenvalue weighted by atomic mass is 10.1. The van der Waals surface area contributed by atoms with Crippen molar-refractivity contribution in [1.82, 2.24) is 4.90 Å². The number of amides is 1. The van der Waals surface area contributed by atoms with Gasteiger partial charge in [0.1, 0.15) is 0 Å². The van der Waals surface area contributed by atoms with Crippen molar-refractivity contribution in [3.63, 3.8) is 0 Å². The van der Waals surface area contributed by atoms with E-state index in [1.54, 1.807) is 18.0 Å². The Kier molecular flexibility index (Phi) is 3.10. The summed E-state index contributed by atoms with van der Waals surface area (Å²) in [6, 6.07) is 4.52. The van der Waals surface area contributed by atoms with Crippen molar-refractivity contribution in [1.29, 1.82) is 0 Å². The van der Waals surface area contributed by atoms with Crippen molar-refractivity contribution in [3.8, 4) is 0 Å². The van der Waals surface area contributed by atoms with Gasteiger partial charge in [-0.15, -0.1) is 0 Å². The van der Waals surface area contributed by atoms with Gasteiger partial charge in [0, 0.05) is 20.1 Å². The van der Waals surface area contributed by atoms with Crippen molar-refractivity contribution >= 4 is 23.3 Å². The molecule has 0 aromatic heterocycles. The van der Waals surface area contributed by atoms with E-state index in [9.17, 15) is 9.59 Å². The molecular formula is C12H15N3O3. The molecule has 0 radical (unpaired) electrons. The third-order valence-corrected chi connectivity index (χ3v) is 3.08. The first-order chi connectivity index (χ1) is 8.49. The predicted molar refractivity (Wildman–Crippen MR) is 67.7 cm³/mol. The Morgan fingerprint density at radius 3 is 2.72 bits per heavy atom. The molecule has 96 valence electrons. The van der Waals surface area contributed by atoms with Gasteiger partial charge in [0.25, 0.3) is 0 Å². The Morgan fingerprint density at radius 1 is 1.39 bits per heavy atom. The first-order valence-corrected chi connectivity index (χ1v) is 5.61. The van der Waals surface area contributed by atoms with E-state index in [1.165, 1.54) is 12.1 Å². The highest BCUT2D eigenvalue weighted by Gasteiger charge is 2.23. The van der Waals surface area contributed by atoms with Crippen LogP contribution in [0.4, 0.5) is 11.4 Å². The monoisotopic (exact) mass is 249 g/mol. The molecule has 0 unspecified atom stereocenters. The highest BCUT2D eigenvalue weighted by Crippen LogP contribution is 2.25. The fourth-order valence-electron chi connectivity index (χ4n) is 1.91. The molecule has 1 saturated heterocycles. The number of nitrogens with zero attached hydrogens (tertiary/aromatic N) is 2. The number of nitrogen functional groups attached to an aromatic ring is 1. The SMILES string of the molecule is CN1CCN(c2cc(C(=O)O)ccc2N)CC1=O. The molecule has 1 aromatic rings. The molecular weight excluding hydrogens is 234 g/mol. The van der Waals surface area contributed by atoms with Crippen molar-refractivity contribution < 1.29 is 14.7 Å². The number of aromatic carboxylic acids is 1. The molecule has 1 fully saturated rings. The second-order valence-corrected chi connectivity index (χ2v) is 4.32. The van der Waals surface area contributed by atoms with Gasteiger partial charge in [-0.05, 0) is 18.2 Å². The third-order valence-electron chi connectivity index (χ3n) is 3.08. The third kappa shape index (κ3) is 2.22. The highest BCUT2D eigenvalue weighted by molar-refractivity contribution is 5.91. The Balaban J connectivity index is 2.30. The molecule has 18 heavy (non-hydrogen) atoms. The fourth-order valence-corrected chi connectivity index (χ4v) is 1.91. The number of likely N-dealkylation sites (N-methyl/N-ethyl adjacent to an activating group) is 1. The zero-order valence-electron chi connectivity index (χ0n) is 10.1. The molecule has 0 bridgehead atoms. The smallest absolute Gasteiger partial charge is 0.335 e. The number of anilines is 2. The predicted octanol–water partition coefficient (Wildman–Crippen LogP) is 0.245. The molecule has 3 N–H and O–H groups in total. The van der Waals surface area contributed by atoms with Crippen LogP contribution in [0.3, 0.4) is 0 Å². The molecule has 6 heteroatoms. The topological polar surface area (TPSA) is 86.9 Å². The molecule has 0 atom stereocenters. The molecule has 1 heterocycles. The Bertz CT molecular complexity index is 501. The summed E-state index contributed by atoms with van der Waals surface area (Å²) in [5.74, 6) is -1.00. The first-order valence-electron chi connectivity index (χ1n) is 5.61. The quantitative estimate of drug-likeness (QED) is 0.733. The van der Waals surface area contributed by atoms with Gasteiger partial charge in [0.05, 0.1) is 23.5 Å². The maximum Gasteiger partial charge on any atom is 0.335 e. The molecule has 0 aliphatic carbocycles. The van der Waals surface area contributed by atoms with E-state index in [0.717, 1.165) is 0 Å². The lowest BCUT2D eigenvalue weighted by molar-refractivity contribution is -0.129. The van der Waals surface area contributed by atoms with E-state index >= 15 is 0 Å². The summed E-state index contributed by atoms with van der Waals surface area (Å²) in [6.45, 7) is 1.48. The number of hydrogen-bond donors (Lipinski definition) is 2. The van der Waals surface area contributed by atoms with Gasteiger partial charge >= 0.3 is 5.97 Å². The van der Waals surface area contributed by atoms with Crippen LogP contribution in [0.2, 0.25) is 0 Å². The van der Waals surface area contributed by atoms with E-state index in [4.69, 9.17) is 10.8 Å². The lowest BCUT2D eigenvalue weighted by Gasteiger charge is -2.34. The number of carbonyl (C=O) groups is 2. The van der Waals surface area contributed by atoms with Crippen molar-refractivity contribution in [3.05, 3.63) is 23.8 Å². The van der Waals surface area contributed by atoms with Crippen LogP contribution in [0.25, 0.3) is 0 Å². The van der Waals surface area contributed by atoms with Crippen molar-refractivity contribution in [2.24, 2.45) is 0 Å². The van der Waals surface area contributed by atoms with E-state index in [0.29, 0.717) is 24.5 Å². The van der Waals surface area contributed by atoms with Gasteiger partial charge in [0.2, 0.25) is 5.91 Å². The van der Waals surface area contributed by atoms with Crippen LogP contribution in [0.5, 0.6) is 0 Å². The zero-order chi connectivity index (χ0) is 13.3. The van der Waals surface area contributed by atoms with Crippen molar-refractivity contribution in [2.75, 3.05) is 37.3 Å². The number of hydrogen-bond acceptors (Lipinski definition) is 4. The summed E-state index contributed by atoms with van der Waals surface area (Å²) in [5, 5.41) is 8.96. The summed E-state index contributed by atoms with van der Waals surface area (Å²) in [5.41, 5.74) is 7.10. The summed E-state index contributed by atoms with van der Waals surface area (Å²) in [6.07, 6.45) is 0. The minimum atomic E-state index is -1.00. The van der Waals surface area contributed by atoms with E-state index in [-0.39, 0.29) is 18.0 Å². The molecule has 1 aliphatic heterocycles. The standard InChI is InChI=1S/C12H15N3O3/c1-14-4-5-15(7-11(14)16)10-6-8(12(17)18)2-3-9(10)13/h2-3,6H,4-5,7,13H2,1H3,(H,17,18). The Hall–Kier alpha value is -2.24. The molecule has 1 aromatic carbocycles. The number of carbonyl (C=O) groups excluding carboxylic acids is 1. The van der Waals surface area contributed by atoms with Gasteiger partial charge in [-0.25, -0.2) is 4.79 Å². The normalized spacial score (nSPS) is 15.9. The van der Waals surface area contributed by atoms with Crippen LogP contribution in [0, 0.1) is 0 Å². The summed E-state index contributed by atoms with van der Waals surface area (Å²) in [4.78, 5) is 26.0. The van der Waals surface area contributed by atoms with E-state index < -0.39 is 5.97 Å². The number of nitrogens with two attached hydrogens (primary N) is 1. The van der Waals surface area contributed by atoms with Gasteiger partial charge < -0.3 is 20.6 Å². The first kappa shape index (κ1) is 12.2. The minimum Gasteiger partial charge on any atom is -0.478 e. The van der Waals surface area contributed by atoms with Crippen LogP contribution >= 0.6 is 0 Å². The lowest BCUT2D eigenvalue weighted by Crippen LogP contribution is -2.48. The van der Waals surface area contributed by atoms with Gasteiger partial charge in [0.15, 0.2) is 0 Å². The second kappa shape index (κ2) is 4.56. The molecule has 1 aliphatic rings. The summed E-state index contributed by atoms with van der Waals surface area (Å²) < 4.78 is 0. The Morgan fingerprint density at radius 2 is 2.11 bits per heavy atom. The van der Waals surface area contributed by atoms with Crippen molar-refractivity contribution in [2.45, 2.75) is 0 Å². The molecule has 1 amide bonds. The number of carboxylic acid groups (broad SMARTS) is 1. The summed E-state index contributed by atoms with van der Waals surface area (Å²) in [7, 11) is 1.75. The van der Waals surface area contributed by atoms with Gasteiger partial charge in [-0.2, -0.15) is 0 Å². The number of benzene rings is 1. The Labute approximate surface area is 105 Å².